The lowest BCUT2D eigenvalue weighted by Crippen LogP contribution is -2.53. The van der Waals surface area contributed by atoms with Crippen molar-refractivity contribution in [2.75, 3.05) is 39.4 Å². The molecule has 0 aliphatic carbocycles. The lowest BCUT2D eigenvalue weighted by molar-refractivity contribution is -0.145. The number of hydrogen-bond donors (Lipinski definition) is 1. The summed E-state index contributed by atoms with van der Waals surface area (Å²) in [6.07, 6.45) is 1.99. The van der Waals surface area contributed by atoms with E-state index in [9.17, 15) is 14.4 Å². The molecule has 0 saturated carbocycles. The second-order valence-corrected chi connectivity index (χ2v) is 10.7. The summed E-state index contributed by atoms with van der Waals surface area (Å²) < 4.78 is 11.5. The van der Waals surface area contributed by atoms with Crippen LogP contribution in [0.2, 0.25) is 0 Å². The van der Waals surface area contributed by atoms with Crippen molar-refractivity contribution in [3.63, 3.8) is 0 Å². The highest BCUT2D eigenvalue weighted by Gasteiger charge is 2.47. The summed E-state index contributed by atoms with van der Waals surface area (Å²) in [4.78, 5) is 46.8. The predicted octanol–water partition coefficient (Wildman–Crippen LogP) is 4.30. The van der Waals surface area contributed by atoms with Gasteiger partial charge < -0.3 is 24.6 Å². The molecular weight excluding hydrogens is 544 g/mol. The summed E-state index contributed by atoms with van der Waals surface area (Å²) >= 11 is 0. The summed E-state index contributed by atoms with van der Waals surface area (Å²) in [5.74, 6) is 0.869. The number of ether oxygens (including phenoxy) is 2. The van der Waals surface area contributed by atoms with Crippen molar-refractivity contribution in [2.45, 2.75) is 18.5 Å². The molecule has 0 aromatic heterocycles. The van der Waals surface area contributed by atoms with Gasteiger partial charge in [0.25, 0.3) is 5.91 Å². The molecule has 6 rings (SSSR count). The standard InChI is InChI=1S/C34H34N4O5/c1-2-16-37-29-23-38(28(21-24-10-5-3-6-11-24)32(39)36-17-19-42-20-18-36)33(40)30(29)31(35-34(37)41)25-12-9-15-27(22-25)43-26-13-7-4-8-14-26/h2-15,22,28,31H,1,16-21,23H2,(H,35,41). The molecule has 3 aromatic carbocycles. The van der Waals surface area contributed by atoms with E-state index >= 15 is 0 Å². The van der Waals surface area contributed by atoms with Crippen LogP contribution < -0.4 is 10.1 Å². The van der Waals surface area contributed by atoms with Crippen molar-refractivity contribution in [1.29, 1.82) is 0 Å². The van der Waals surface area contributed by atoms with E-state index in [0.717, 1.165) is 5.56 Å². The van der Waals surface area contributed by atoms with Crippen LogP contribution in [-0.2, 0) is 20.7 Å². The summed E-state index contributed by atoms with van der Waals surface area (Å²) in [6.45, 7) is 6.05. The zero-order valence-electron chi connectivity index (χ0n) is 23.9. The molecule has 3 aliphatic rings. The quantitative estimate of drug-likeness (QED) is 0.383. The van der Waals surface area contributed by atoms with E-state index in [1.807, 2.05) is 84.9 Å². The second-order valence-electron chi connectivity index (χ2n) is 10.7. The maximum atomic E-state index is 14.4. The molecule has 0 radical (unpaired) electrons. The van der Waals surface area contributed by atoms with Gasteiger partial charge in [0.15, 0.2) is 0 Å². The van der Waals surface area contributed by atoms with E-state index < -0.39 is 12.1 Å². The maximum absolute atomic E-state index is 14.4. The van der Waals surface area contributed by atoms with Gasteiger partial charge in [0, 0.05) is 26.1 Å². The Morgan fingerprint density at radius 3 is 2.40 bits per heavy atom. The summed E-state index contributed by atoms with van der Waals surface area (Å²) in [7, 11) is 0. The fourth-order valence-electron chi connectivity index (χ4n) is 5.88. The number of nitrogens with zero attached hydrogens (tertiary/aromatic N) is 3. The molecule has 9 nitrogen and oxygen atoms in total. The van der Waals surface area contributed by atoms with Crippen LogP contribution in [0.4, 0.5) is 4.79 Å². The lowest BCUT2D eigenvalue weighted by atomic mass is 9.95. The Hall–Kier alpha value is -4.89. The Balaban J connectivity index is 1.35. The molecule has 220 valence electrons. The summed E-state index contributed by atoms with van der Waals surface area (Å²) in [5.41, 5.74) is 2.69. The fraction of sp³-hybridized carbons (Fsp3) is 0.265. The number of rotatable bonds is 9. The van der Waals surface area contributed by atoms with Crippen molar-refractivity contribution < 1.29 is 23.9 Å². The molecule has 1 saturated heterocycles. The van der Waals surface area contributed by atoms with Crippen molar-refractivity contribution in [3.05, 3.63) is 120 Å². The van der Waals surface area contributed by atoms with Gasteiger partial charge in [0.2, 0.25) is 5.91 Å². The van der Waals surface area contributed by atoms with Gasteiger partial charge in [-0.05, 0) is 35.4 Å². The van der Waals surface area contributed by atoms with Crippen LogP contribution in [0.1, 0.15) is 17.2 Å². The number of nitrogens with one attached hydrogen (secondary N) is 1. The molecule has 43 heavy (non-hydrogen) atoms. The van der Waals surface area contributed by atoms with Gasteiger partial charge in [-0.25, -0.2) is 4.79 Å². The highest BCUT2D eigenvalue weighted by Crippen LogP contribution is 2.39. The first-order valence-electron chi connectivity index (χ1n) is 14.5. The number of hydrogen-bond acceptors (Lipinski definition) is 5. The third-order valence-electron chi connectivity index (χ3n) is 7.99. The van der Waals surface area contributed by atoms with Crippen LogP contribution in [0, 0.1) is 0 Å². The van der Waals surface area contributed by atoms with Crippen LogP contribution in [0.25, 0.3) is 0 Å². The zero-order valence-corrected chi connectivity index (χ0v) is 23.9. The molecule has 1 N–H and O–H groups in total. The Kier molecular flexibility index (Phi) is 8.24. The van der Waals surface area contributed by atoms with E-state index in [0.29, 0.717) is 61.1 Å². The number of para-hydroxylation sites is 1. The molecule has 4 amide bonds. The largest absolute Gasteiger partial charge is 0.457 e. The third-order valence-corrected chi connectivity index (χ3v) is 7.99. The van der Waals surface area contributed by atoms with Crippen molar-refractivity contribution in [2.24, 2.45) is 0 Å². The van der Waals surface area contributed by atoms with Gasteiger partial charge in [-0.1, -0.05) is 66.7 Å². The number of benzene rings is 3. The van der Waals surface area contributed by atoms with Gasteiger partial charge >= 0.3 is 6.03 Å². The topological polar surface area (TPSA) is 91.4 Å². The number of carbonyl (C=O) groups excluding carboxylic acids is 3. The third kappa shape index (κ3) is 5.89. The van der Waals surface area contributed by atoms with Crippen molar-refractivity contribution in [3.8, 4) is 11.5 Å². The maximum Gasteiger partial charge on any atom is 0.322 e. The molecule has 0 bridgehead atoms. The summed E-state index contributed by atoms with van der Waals surface area (Å²) in [5, 5.41) is 3.03. The molecular formula is C34H34N4O5. The Morgan fingerprint density at radius 1 is 0.977 bits per heavy atom. The molecule has 2 atom stereocenters. The normalized spacial score (nSPS) is 19.2. The van der Waals surface area contributed by atoms with Crippen molar-refractivity contribution in [1.82, 2.24) is 20.0 Å². The average Bonchev–Trinajstić information content (AvgIpc) is 3.38. The van der Waals surface area contributed by atoms with Crippen LogP contribution in [0.3, 0.4) is 0 Å². The van der Waals surface area contributed by atoms with Crippen molar-refractivity contribution >= 4 is 17.8 Å². The Labute approximate surface area is 251 Å². The molecule has 2 unspecified atom stereocenters. The van der Waals surface area contributed by atoms with Gasteiger partial charge in [-0.3, -0.25) is 14.5 Å². The molecule has 3 aromatic rings. The first-order chi connectivity index (χ1) is 21.0. The summed E-state index contributed by atoms with van der Waals surface area (Å²) in [6, 6.07) is 24.7. The lowest BCUT2D eigenvalue weighted by Gasteiger charge is -2.35. The highest BCUT2D eigenvalue weighted by molar-refractivity contribution is 6.03. The van der Waals surface area contributed by atoms with Crippen LogP contribution in [-0.4, -0.2) is 78.0 Å². The van der Waals surface area contributed by atoms with E-state index in [1.165, 1.54) is 0 Å². The molecule has 3 heterocycles. The Morgan fingerprint density at radius 2 is 1.67 bits per heavy atom. The molecule has 9 heteroatoms. The smallest absolute Gasteiger partial charge is 0.322 e. The van der Waals surface area contributed by atoms with E-state index in [-0.39, 0.29) is 30.9 Å². The van der Waals surface area contributed by atoms with Gasteiger partial charge in [-0.15, -0.1) is 6.58 Å². The van der Waals surface area contributed by atoms with Gasteiger partial charge in [0.1, 0.15) is 17.5 Å². The predicted molar refractivity (Wildman–Crippen MR) is 161 cm³/mol. The SMILES string of the molecule is C=CCN1C(=O)NC(c2cccc(Oc3ccccc3)c2)C2=C1CN(C(Cc1ccccc1)C(=O)N1CCOCC1)C2=O. The minimum absolute atomic E-state index is 0.121. The number of amides is 4. The van der Waals surface area contributed by atoms with Crippen LogP contribution >= 0.6 is 0 Å². The molecule has 1 fully saturated rings. The minimum Gasteiger partial charge on any atom is -0.457 e. The monoisotopic (exact) mass is 578 g/mol. The van der Waals surface area contributed by atoms with Crippen LogP contribution in [0.5, 0.6) is 11.5 Å². The van der Waals surface area contributed by atoms with Gasteiger partial charge in [-0.2, -0.15) is 0 Å². The van der Waals surface area contributed by atoms with Crippen LogP contribution in [0.15, 0.2) is 109 Å². The number of morpholine rings is 1. The zero-order chi connectivity index (χ0) is 29.8. The first kappa shape index (κ1) is 28.2. The fourth-order valence-corrected chi connectivity index (χ4v) is 5.88. The first-order valence-corrected chi connectivity index (χ1v) is 14.5. The van der Waals surface area contributed by atoms with E-state index in [2.05, 4.69) is 11.9 Å². The second kappa shape index (κ2) is 12.5. The number of carbonyl (C=O) groups is 3. The number of urea groups is 1. The van der Waals surface area contributed by atoms with E-state index in [4.69, 9.17) is 9.47 Å². The molecule has 3 aliphatic heterocycles. The average molecular weight is 579 g/mol. The Bertz CT molecular complexity index is 1530. The van der Waals surface area contributed by atoms with Gasteiger partial charge in [0.05, 0.1) is 37.1 Å². The molecule has 0 spiro atoms. The highest BCUT2D eigenvalue weighted by atomic mass is 16.5. The minimum atomic E-state index is -0.743. The van der Waals surface area contributed by atoms with E-state index in [1.54, 1.807) is 20.8 Å².